The van der Waals surface area contributed by atoms with Crippen LogP contribution < -0.4 is 14.8 Å². The van der Waals surface area contributed by atoms with Gasteiger partial charge < -0.3 is 14.8 Å². The average molecular weight is 488 g/mol. The molecule has 2 saturated heterocycles. The lowest BCUT2D eigenvalue weighted by Crippen LogP contribution is -2.48. The van der Waals surface area contributed by atoms with E-state index in [1.165, 1.54) is 4.90 Å². The molecule has 2 heterocycles. The third-order valence-electron chi connectivity index (χ3n) is 6.61. The van der Waals surface area contributed by atoms with Gasteiger partial charge in [0.05, 0.1) is 32.4 Å². The van der Waals surface area contributed by atoms with E-state index in [1.807, 2.05) is 11.8 Å². The minimum atomic E-state index is -3.10. The van der Waals surface area contributed by atoms with Gasteiger partial charge in [0.25, 0.3) is 5.91 Å². The van der Waals surface area contributed by atoms with Crippen LogP contribution in [0, 0.1) is 0 Å². The van der Waals surface area contributed by atoms with Crippen LogP contribution >= 0.6 is 0 Å². The maximum atomic E-state index is 14.0. The molecule has 1 N–H and O–H groups in total. The summed E-state index contributed by atoms with van der Waals surface area (Å²) in [5, 5.41) is 2.92. The molecule has 0 unspecified atom stereocenters. The van der Waals surface area contributed by atoms with Gasteiger partial charge in [-0.1, -0.05) is 31.2 Å². The van der Waals surface area contributed by atoms with Crippen molar-refractivity contribution in [2.75, 3.05) is 38.9 Å². The monoisotopic (exact) mass is 487 g/mol. The van der Waals surface area contributed by atoms with Crippen LogP contribution in [0.2, 0.25) is 0 Å². The highest BCUT2D eigenvalue weighted by molar-refractivity contribution is 7.91. The number of urea groups is 1. The molecule has 2 aromatic carbocycles. The Balaban J connectivity index is 1.72. The van der Waals surface area contributed by atoms with Crippen molar-refractivity contribution in [1.29, 1.82) is 0 Å². The Labute approximate surface area is 199 Å². The highest BCUT2D eigenvalue weighted by Gasteiger charge is 2.54. The summed E-state index contributed by atoms with van der Waals surface area (Å²) in [7, 11) is 0.0105. The molecule has 2 aliphatic heterocycles. The number of ether oxygens (including phenoxy) is 2. The smallest absolute Gasteiger partial charge is 0.326 e. The predicted molar refractivity (Wildman–Crippen MR) is 126 cm³/mol. The van der Waals surface area contributed by atoms with E-state index in [2.05, 4.69) is 5.32 Å². The number of sulfone groups is 1. The largest absolute Gasteiger partial charge is 0.497 e. The van der Waals surface area contributed by atoms with E-state index in [1.54, 1.807) is 62.8 Å². The third kappa shape index (κ3) is 4.23. The Kier molecular flexibility index (Phi) is 6.55. The zero-order valence-corrected chi connectivity index (χ0v) is 20.3. The number of hydrogen-bond acceptors (Lipinski definition) is 7. The molecular weight excluding hydrogens is 458 g/mol. The van der Waals surface area contributed by atoms with Crippen molar-refractivity contribution < 1.29 is 27.5 Å². The lowest BCUT2D eigenvalue weighted by molar-refractivity contribution is -0.132. The molecule has 34 heavy (non-hydrogen) atoms. The zero-order chi connectivity index (χ0) is 24.5. The van der Waals surface area contributed by atoms with Crippen LogP contribution in [0.1, 0.15) is 24.5 Å². The van der Waals surface area contributed by atoms with Gasteiger partial charge in [0.15, 0.2) is 15.4 Å². The molecule has 0 radical (unpaired) electrons. The molecule has 3 amide bonds. The summed E-state index contributed by atoms with van der Waals surface area (Å²) in [5.74, 6) is 0.985. The minimum Gasteiger partial charge on any atom is -0.497 e. The van der Waals surface area contributed by atoms with E-state index >= 15 is 0 Å². The maximum Gasteiger partial charge on any atom is 0.326 e. The number of benzene rings is 2. The Morgan fingerprint density at radius 2 is 1.53 bits per heavy atom. The lowest BCUT2D eigenvalue weighted by atomic mass is 9.82. The first kappa shape index (κ1) is 24.0. The molecular formula is C24H29N3O6S. The van der Waals surface area contributed by atoms with E-state index < -0.39 is 27.3 Å². The molecule has 2 aromatic rings. The van der Waals surface area contributed by atoms with E-state index in [0.717, 1.165) is 0 Å². The average Bonchev–Trinajstić information content (AvgIpc) is 3.33. The van der Waals surface area contributed by atoms with Gasteiger partial charge in [-0.25, -0.2) is 18.1 Å². The van der Waals surface area contributed by atoms with Gasteiger partial charge >= 0.3 is 6.03 Å². The quantitative estimate of drug-likeness (QED) is 0.568. The van der Waals surface area contributed by atoms with Gasteiger partial charge in [-0.3, -0.25) is 9.69 Å². The Morgan fingerprint density at radius 1 is 1.00 bits per heavy atom. The number of carbonyl (C=O) groups is 2. The number of methoxy groups -OCH3 is 2. The van der Waals surface area contributed by atoms with E-state index in [-0.39, 0.29) is 24.2 Å². The normalized spacial score (nSPS) is 21.1. The molecule has 0 aliphatic carbocycles. The van der Waals surface area contributed by atoms with Crippen LogP contribution in [-0.2, 0) is 20.2 Å². The van der Waals surface area contributed by atoms with Crippen molar-refractivity contribution in [1.82, 2.24) is 15.1 Å². The van der Waals surface area contributed by atoms with Gasteiger partial charge in [0, 0.05) is 6.04 Å². The van der Waals surface area contributed by atoms with Crippen LogP contribution in [0.3, 0.4) is 0 Å². The van der Waals surface area contributed by atoms with Crippen LogP contribution in [0.15, 0.2) is 48.5 Å². The van der Waals surface area contributed by atoms with Gasteiger partial charge in [0.1, 0.15) is 11.5 Å². The molecule has 4 rings (SSSR count). The zero-order valence-electron chi connectivity index (χ0n) is 19.5. The van der Waals surface area contributed by atoms with Gasteiger partial charge in [-0.05, 0) is 48.4 Å². The minimum absolute atomic E-state index is 0.00934. The number of nitrogens with zero attached hydrogens (tertiary/aromatic N) is 2. The summed E-state index contributed by atoms with van der Waals surface area (Å²) in [6.45, 7) is 2.41. The second-order valence-corrected chi connectivity index (χ2v) is 10.7. The summed E-state index contributed by atoms with van der Waals surface area (Å²) in [5.41, 5.74) is -0.256. The molecule has 0 spiro atoms. The van der Waals surface area contributed by atoms with Crippen molar-refractivity contribution in [3.8, 4) is 11.5 Å². The van der Waals surface area contributed by atoms with Crippen LogP contribution in [-0.4, -0.2) is 75.1 Å². The number of rotatable bonds is 8. The second-order valence-electron chi connectivity index (χ2n) is 8.47. The molecule has 0 bridgehead atoms. The number of carbonyl (C=O) groups excluding carboxylic acids is 2. The molecule has 9 nitrogen and oxygen atoms in total. The molecule has 1 atom stereocenters. The van der Waals surface area contributed by atoms with Crippen molar-refractivity contribution in [2.45, 2.75) is 24.9 Å². The number of hydrogen-bond donors (Lipinski definition) is 1. The molecule has 2 fully saturated rings. The van der Waals surface area contributed by atoms with Gasteiger partial charge in [-0.2, -0.15) is 0 Å². The van der Waals surface area contributed by atoms with Crippen molar-refractivity contribution in [3.05, 3.63) is 59.7 Å². The van der Waals surface area contributed by atoms with E-state index in [9.17, 15) is 18.0 Å². The van der Waals surface area contributed by atoms with E-state index in [4.69, 9.17) is 9.47 Å². The Morgan fingerprint density at radius 3 is 1.94 bits per heavy atom. The van der Waals surface area contributed by atoms with Crippen molar-refractivity contribution in [2.24, 2.45) is 0 Å². The molecule has 182 valence electrons. The second kappa shape index (κ2) is 9.27. The first-order valence-electron chi connectivity index (χ1n) is 11.1. The summed E-state index contributed by atoms with van der Waals surface area (Å²) in [6.07, 6.45) is 0.488. The highest BCUT2D eigenvalue weighted by atomic mass is 32.2. The summed E-state index contributed by atoms with van der Waals surface area (Å²) in [4.78, 5) is 30.2. The topological polar surface area (TPSA) is 105 Å². The van der Waals surface area contributed by atoms with E-state index in [0.29, 0.717) is 35.6 Å². The lowest BCUT2D eigenvalue weighted by Gasteiger charge is -2.31. The SMILES string of the molecule is CCN(CN1C(=O)NC(c2ccc(OC)cc2)(c2ccc(OC)cc2)C1=O)[C@@H]1CCS(=O)(=O)C1. The molecule has 0 saturated carbocycles. The van der Waals surface area contributed by atoms with Crippen LogP contribution in [0.5, 0.6) is 11.5 Å². The highest BCUT2D eigenvalue weighted by Crippen LogP contribution is 2.38. The number of amides is 3. The predicted octanol–water partition coefficient (Wildman–Crippen LogP) is 1.97. The standard InChI is InChI=1S/C24H29N3O6S/c1-4-26(19-13-14-34(30,31)15-19)16-27-22(28)24(25-23(27)29,17-5-9-20(32-2)10-6-17)18-7-11-21(33-3)12-8-18/h5-12,19H,4,13-16H2,1-3H3,(H,25,29)/t19-/m1/s1. The summed E-state index contributed by atoms with van der Waals surface area (Å²) < 4.78 is 34.5. The van der Waals surface area contributed by atoms with Crippen LogP contribution in [0.25, 0.3) is 0 Å². The molecule has 10 heteroatoms. The fourth-order valence-corrected chi connectivity index (χ4v) is 6.42. The van der Waals surface area contributed by atoms with Crippen molar-refractivity contribution in [3.63, 3.8) is 0 Å². The number of nitrogens with one attached hydrogen (secondary N) is 1. The summed E-state index contributed by atoms with van der Waals surface area (Å²) in [6, 6.07) is 13.2. The number of imide groups is 1. The fourth-order valence-electron chi connectivity index (χ4n) is 4.66. The first-order chi connectivity index (χ1) is 16.2. The summed E-state index contributed by atoms with van der Waals surface area (Å²) >= 11 is 0. The third-order valence-corrected chi connectivity index (χ3v) is 8.36. The van der Waals surface area contributed by atoms with Gasteiger partial charge in [0.2, 0.25) is 0 Å². The maximum absolute atomic E-state index is 14.0. The first-order valence-corrected chi connectivity index (χ1v) is 12.9. The fraction of sp³-hybridized carbons (Fsp3) is 0.417. The van der Waals surface area contributed by atoms with Crippen LogP contribution in [0.4, 0.5) is 4.79 Å². The molecule has 2 aliphatic rings. The Hall–Kier alpha value is -3.11. The molecule has 0 aromatic heterocycles. The van der Waals surface area contributed by atoms with Crippen molar-refractivity contribution >= 4 is 21.8 Å². The Bertz CT molecular complexity index is 1120. The van der Waals surface area contributed by atoms with Gasteiger partial charge in [-0.15, -0.1) is 0 Å².